The van der Waals surface area contributed by atoms with Crippen LogP contribution in [-0.2, 0) is 9.53 Å². The molecule has 0 amide bonds. The Kier molecular flexibility index (Phi) is 2.82. The maximum absolute atomic E-state index is 11.2. The zero-order valence-electron chi connectivity index (χ0n) is 9.98. The van der Waals surface area contributed by atoms with Gasteiger partial charge < -0.3 is 9.84 Å². The fraction of sp³-hybridized carbons (Fsp3) is 0.769. The Morgan fingerprint density at radius 2 is 2.12 bits per heavy atom. The van der Waals surface area contributed by atoms with Crippen LogP contribution in [0.4, 0.5) is 0 Å². The monoisotopic (exact) mass is 224 g/mol. The van der Waals surface area contributed by atoms with Gasteiger partial charge in [-0.3, -0.25) is 0 Å². The van der Waals surface area contributed by atoms with E-state index in [4.69, 9.17) is 4.74 Å². The minimum Gasteiger partial charge on any atom is -0.459 e. The lowest BCUT2D eigenvalue weighted by Crippen LogP contribution is -2.40. The molecule has 0 spiro atoms. The number of ether oxygens (including phenoxy) is 1. The fourth-order valence-electron chi connectivity index (χ4n) is 3.43. The van der Waals surface area contributed by atoms with Gasteiger partial charge in [0.25, 0.3) is 0 Å². The number of aliphatic hydroxyl groups is 1. The Bertz CT molecular complexity index is 303. The molecule has 3 nitrogen and oxygen atoms in total. The molecule has 1 N–H and O–H groups in total. The second-order valence-corrected chi connectivity index (χ2v) is 5.68. The maximum Gasteiger partial charge on any atom is 0.330 e. The van der Waals surface area contributed by atoms with E-state index in [0.717, 1.165) is 19.3 Å². The van der Waals surface area contributed by atoms with E-state index in [1.54, 1.807) is 0 Å². The van der Waals surface area contributed by atoms with Gasteiger partial charge in [-0.15, -0.1) is 0 Å². The van der Waals surface area contributed by atoms with Crippen LogP contribution in [0, 0.1) is 17.8 Å². The van der Waals surface area contributed by atoms with E-state index in [9.17, 15) is 9.90 Å². The molecular weight excluding hydrogens is 204 g/mol. The summed E-state index contributed by atoms with van der Waals surface area (Å²) in [5.74, 6) is 0.860. The van der Waals surface area contributed by atoms with Gasteiger partial charge in [0.1, 0.15) is 6.10 Å². The van der Waals surface area contributed by atoms with E-state index in [1.807, 2.05) is 13.8 Å². The third-order valence-corrected chi connectivity index (χ3v) is 4.09. The van der Waals surface area contributed by atoms with Gasteiger partial charge >= 0.3 is 5.97 Å². The molecule has 3 heteroatoms. The molecule has 4 unspecified atom stereocenters. The lowest BCUT2D eigenvalue weighted by molar-refractivity contribution is -0.149. The van der Waals surface area contributed by atoms with E-state index in [0.29, 0.717) is 11.8 Å². The predicted molar refractivity (Wildman–Crippen MR) is 60.7 cm³/mol. The van der Waals surface area contributed by atoms with Crippen LogP contribution in [0.1, 0.15) is 33.1 Å². The van der Waals surface area contributed by atoms with Crippen molar-refractivity contribution in [3.05, 3.63) is 12.7 Å². The second-order valence-electron chi connectivity index (χ2n) is 5.68. The molecule has 0 radical (unpaired) electrons. The zero-order chi connectivity index (χ0) is 11.9. The maximum atomic E-state index is 11.2. The Hall–Kier alpha value is -0.830. The minimum absolute atomic E-state index is 0.0133. The highest BCUT2D eigenvalue weighted by molar-refractivity contribution is 5.81. The first kappa shape index (κ1) is 11.6. The number of carbonyl (C=O) groups excluding carboxylic acids is 1. The van der Waals surface area contributed by atoms with E-state index in [-0.39, 0.29) is 18.0 Å². The van der Waals surface area contributed by atoms with Crippen LogP contribution in [0.25, 0.3) is 0 Å². The lowest BCUT2D eigenvalue weighted by atomic mass is 9.77. The second kappa shape index (κ2) is 3.88. The molecule has 2 fully saturated rings. The Balaban J connectivity index is 2.04. The molecule has 0 aromatic carbocycles. The first-order valence-electron chi connectivity index (χ1n) is 5.97. The Morgan fingerprint density at radius 3 is 2.62 bits per heavy atom. The van der Waals surface area contributed by atoms with E-state index in [2.05, 4.69) is 6.58 Å². The van der Waals surface area contributed by atoms with Gasteiger partial charge in [0, 0.05) is 12.0 Å². The van der Waals surface area contributed by atoms with Gasteiger partial charge in [-0.05, 0) is 44.9 Å². The summed E-state index contributed by atoms with van der Waals surface area (Å²) >= 11 is 0. The summed E-state index contributed by atoms with van der Waals surface area (Å²) < 4.78 is 5.35. The highest BCUT2D eigenvalue weighted by Crippen LogP contribution is 2.53. The molecule has 0 aliphatic heterocycles. The Labute approximate surface area is 96.5 Å². The summed E-state index contributed by atoms with van der Waals surface area (Å²) in [6, 6.07) is 0. The molecule has 2 aliphatic carbocycles. The largest absolute Gasteiger partial charge is 0.459 e. The lowest BCUT2D eigenvalue weighted by Gasteiger charge is -2.36. The predicted octanol–water partition coefficient (Wildman–Crippen LogP) is 1.90. The highest BCUT2D eigenvalue weighted by atomic mass is 16.5. The van der Waals surface area contributed by atoms with Crippen molar-refractivity contribution in [2.24, 2.45) is 17.8 Å². The van der Waals surface area contributed by atoms with Gasteiger partial charge in [0.2, 0.25) is 0 Å². The highest BCUT2D eigenvalue weighted by Gasteiger charge is 2.52. The van der Waals surface area contributed by atoms with E-state index < -0.39 is 5.60 Å². The standard InChI is InChI=1S/C13H20O3/c1-4-12(14)16-11-7-8-5-9(11)10(6-8)13(2,3)15/h4,8-11,15H,1,5-7H2,2-3H3. The number of esters is 1. The smallest absolute Gasteiger partial charge is 0.330 e. The van der Waals surface area contributed by atoms with Crippen molar-refractivity contribution < 1.29 is 14.6 Å². The van der Waals surface area contributed by atoms with E-state index in [1.165, 1.54) is 6.08 Å². The molecule has 2 rings (SSSR count). The normalized spacial score (nSPS) is 37.4. The van der Waals surface area contributed by atoms with Gasteiger partial charge in [0.05, 0.1) is 5.60 Å². The van der Waals surface area contributed by atoms with Crippen molar-refractivity contribution in [1.29, 1.82) is 0 Å². The van der Waals surface area contributed by atoms with Crippen molar-refractivity contribution in [3.63, 3.8) is 0 Å². The summed E-state index contributed by atoms with van der Waals surface area (Å²) in [5.41, 5.74) is -0.668. The van der Waals surface area contributed by atoms with Gasteiger partial charge in [-0.25, -0.2) is 4.79 Å². The number of rotatable bonds is 3. The van der Waals surface area contributed by atoms with Crippen LogP contribution < -0.4 is 0 Å². The first-order chi connectivity index (χ1) is 7.41. The average Bonchev–Trinajstić information content (AvgIpc) is 2.75. The fourth-order valence-corrected chi connectivity index (χ4v) is 3.43. The molecule has 2 bridgehead atoms. The van der Waals surface area contributed by atoms with Gasteiger partial charge in [0.15, 0.2) is 0 Å². The molecule has 0 aromatic rings. The van der Waals surface area contributed by atoms with Crippen molar-refractivity contribution >= 4 is 5.97 Å². The number of hydrogen-bond donors (Lipinski definition) is 1. The zero-order valence-corrected chi connectivity index (χ0v) is 9.98. The van der Waals surface area contributed by atoms with Crippen LogP contribution in [0.2, 0.25) is 0 Å². The third-order valence-electron chi connectivity index (χ3n) is 4.09. The average molecular weight is 224 g/mol. The van der Waals surface area contributed by atoms with Crippen molar-refractivity contribution in [2.45, 2.75) is 44.8 Å². The molecule has 0 heterocycles. The SMILES string of the molecule is C=CC(=O)OC1CC2CC1C(C(C)(C)O)C2. The van der Waals surface area contributed by atoms with Crippen molar-refractivity contribution in [3.8, 4) is 0 Å². The van der Waals surface area contributed by atoms with Crippen LogP contribution in [0.5, 0.6) is 0 Å². The summed E-state index contributed by atoms with van der Waals surface area (Å²) in [5, 5.41) is 10.1. The molecule has 90 valence electrons. The van der Waals surface area contributed by atoms with E-state index >= 15 is 0 Å². The minimum atomic E-state index is -0.668. The topological polar surface area (TPSA) is 46.5 Å². The van der Waals surface area contributed by atoms with Gasteiger partial charge in [-0.1, -0.05) is 6.58 Å². The molecule has 2 aliphatic rings. The van der Waals surface area contributed by atoms with Crippen LogP contribution in [-0.4, -0.2) is 22.8 Å². The molecular formula is C13H20O3. The quantitative estimate of drug-likeness (QED) is 0.588. The number of hydrogen-bond acceptors (Lipinski definition) is 3. The number of fused-ring (bicyclic) bond motifs is 2. The summed E-state index contributed by atoms with van der Waals surface area (Å²) in [4.78, 5) is 11.2. The van der Waals surface area contributed by atoms with Crippen LogP contribution >= 0.6 is 0 Å². The molecule has 0 saturated heterocycles. The molecule has 0 aromatic heterocycles. The molecule has 2 saturated carbocycles. The third kappa shape index (κ3) is 2.01. The summed E-state index contributed by atoms with van der Waals surface area (Å²) in [6.45, 7) is 7.11. The summed E-state index contributed by atoms with van der Waals surface area (Å²) in [7, 11) is 0. The Morgan fingerprint density at radius 1 is 1.44 bits per heavy atom. The molecule has 16 heavy (non-hydrogen) atoms. The van der Waals surface area contributed by atoms with Crippen molar-refractivity contribution in [1.82, 2.24) is 0 Å². The molecule has 4 atom stereocenters. The van der Waals surface area contributed by atoms with Gasteiger partial charge in [-0.2, -0.15) is 0 Å². The number of carbonyl (C=O) groups is 1. The van der Waals surface area contributed by atoms with Crippen LogP contribution in [0.15, 0.2) is 12.7 Å². The van der Waals surface area contributed by atoms with Crippen LogP contribution in [0.3, 0.4) is 0 Å². The summed E-state index contributed by atoms with van der Waals surface area (Å²) in [6.07, 6.45) is 4.31. The first-order valence-corrected chi connectivity index (χ1v) is 5.97. The van der Waals surface area contributed by atoms with Crippen molar-refractivity contribution in [2.75, 3.05) is 0 Å².